The lowest BCUT2D eigenvalue weighted by molar-refractivity contribution is -0.885. The lowest BCUT2D eigenvalue weighted by atomic mass is 10.2. The van der Waals surface area contributed by atoms with Crippen molar-refractivity contribution >= 4 is 11.8 Å². The molecule has 0 saturated heterocycles. The smallest absolute Gasteiger partial charge is 0.275 e. The summed E-state index contributed by atoms with van der Waals surface area (Å²) in [6.45, 7) is 3.68. The molecule has 6 heteroatoms. The number of carbonyl (C=O) groups is 2. The van der Waals surface area contributed by atoms with E-state index in [0.29, 0.717) is 13.2 Å². The van der Waals surface area contributed by atoms with Crippen LogP contribution in [0.2, 0.25) is 0 Å². The highest BCUT2D eigenvalue weighted by Gasteiger charge is 2.11. The molecule has 2 amide bonds. The first-order valence-electron chi connectivity index (χ1n) is 7.05. The van der Waals surface area contributed by atoms with Gasteiger partial charge >= 0.3 is 0 Å². The summed E-state index contributed by atoms with van der Waals surface area (Å²) in [6, 6.07) is 7.85. The van der Waals surface area contributed by atoms with E-state index in [1.165, 1.54) is 7.05 Å². The van der Waals surface area contributed by atoms with Crippen molar-refractivity contribution in [1.29, 1.82) is 0 Å². The number of hydrogen-bond donors (Lipinski definition) is 3. The molecule has 116 valence electrons. The maximum absolute atomic E-state index is 11.7. The zero-order chi connectivity index (χ0) is 15.7. The molecule has 0 spiro atoms. The van der Waals surface area contributed by atoms with E-state index in [1.54, 1.807) is 0 Å². The number of nitrogens with one attached hydrogen (secondary N) is 3. The van der Waals surface area contributed by atoms with E-state index >= 15 is 0 Å². The van der Waals surface area contributed by atoms with Gasteiger partial charge in [0.05, 0.1) is 20.2 Å². The van der Waals surface area contributed by atoms with Crippen LogP contribution in [0.5, 0.6) is 5.75 Å². The Labute approximate surface area is 125 Å². The Kier molecular flexibility index (Phi) is 7.25. The Bertz CT molecular complexity index is 460. The number of carbonyl (C=O) groups excluding carboxylic acids is 2. The van der Waals surface area contributed by atoms with Crippen LogP contribution in [0.25, 0.3) is 0 Å². The van der Waals surface area contributed by atoms with Gasteiger partial charge in [-0.25, -0.2) is 0 Å². The van der Waals surface area contributed by atoms with Crippen LogP contribution in [0.1, 0.15) is 12.5 Å². The summed E-state index contributed by atoms with van der Waals surface area (Å²) in [5, 5.41) is 5.04. The predicted octanol–water partition coefficient (Wildman–Crippen LogP) is -1.04. The molecule has 3 N–H and O–H groups in total. The summed E-state index contributed by atoms with van der Waals surface area (Å²) < 4.78 is 5.39. The van der Waals surface area contributed by atoms with Crippen molar-refractivity contribution in [1.82, 2.24) is 10.6 Å². The highest BCUT2D eigenvalue weighted by molar-refractivity contribution is 5.84. The molecule has 0 aliphatic carbocycles. The number of hydrogen-bond acceptors (Lipinski definition) is 3. The summed E-state index contributed by atoms with van der Waals surface area (Å²) in [5.74, 6) is 0.511. The van der Waals surface area contributed by atoms with Crippen LogP contribution in [0.3, 0.4) is 0 Å². The van der Waals surface area contributed by atoms with Crippen molar-refractivity contribution in [3.63, 3.8) is 0 Å². The van der Waals surface area contributed by atoms with Crippen LogP contribution in [0, 0.1) is 0 Å². The summed E-state index contributed by atoms with van der Waals surface area (Å²) in [4.78, 5) is 23.8. The molecular weight excluding hydrogens is 270 g/mol. The Morgan fingerprint density at radius 3 is 2.43 bits per heavy atom. The maximum Gasteiger partial charge on any atom is 0.275 e. The van der Waals surface area contributed by atoms with Gasteiger partial charge in [0.1, 0.15) is 12.3 Å². The third-order valence-electron chi connectivity index (χ3n) is 2.93. The normalized spacial score (nSPS) is 11.6. The van der Waals surface area contributed by atoms with Gasteiger partial charge in [0.25, 0.3) is 5.91 Å². The van der Waals surface area contributed by atoms with E-state index in [4.69, 9.17) is 4.74 Å². The Morgan fingerprint density at radius 1 is 1.19 bits per heavy atom. The minimum Gasteiger partial charge on any atom is -0.494 e. The van der Waals surface area contributed by atoms with Crippen molar-refractivity contribution in [3.05, 3.63) is 29.8 Å². The SMILES string of the molecule is CCOc1ccc(C[NH+](C)CC(=O)NCC(=O)NC)cc1. The van der Waals surface area contributed by atoms with Gasteiger partial charge in [-0.05, 0) is 31.2 Å². The number of likely N-dealkylation sites (N-methyl/N-ethyl adjacent to an activating group) is 2. The van der Waals surface area contributed by atoms with Crippen LogP contribution in [-0.2, 0) is 16.1 Å². The molecule has 0 radical (unpaired) electrons. The van der Waals surface area contributed by atoms with E-state index in [0.717, 1.165) is 22.8 Å². The molecule has 6 nitrogen and oxygen atoms in total. The summed E-state index contributed by atoms with van der Waals surface area (Å²) >= 11 is 0. The van der Waals surface area contributed by atoms with Gasteiger partial charge in [0, 0.05) is 12.6 Å². The first kappa shape index (κ1) is 17.0. The second-order valence-corrected chi connectivity index (χ2v) is 4.84. The van der Waals surface area contributed by atoms with Gasteiger partial charge in [0.2, 0.25) is 5.91 Å². The largest absolute Gasteiger partial charge is 0.494 e. The molecule has 1 unspecified atom stereocenters. The topological polar surface area (TPSA) is 71.9 Å². The van der Waals surface area contributed by atoms with Crippen LogP contribution in [0.4, 0.5) is 0 Å². The van der Waals surface area contributed by atoms with E-state index in [-0.39, 0.29) is 18.4 Å². The van der Waals surface area contributed by atoms with Crippen LogP contribution < -0.4 is 20.3 Å². The van der Waals surface area contributed by atoms with E-state index in [9.17, 15) is 9.59 Å². The number of amides is 2. The molecule has 0 heterocycles. The molecule has 1 rings (SSSR count). The third kappa shape index (κ3) is 6.76. The van der Waals surface area contributed by atoms with Gasteiger partial charge in [-0.15, -0.1) is 0 Å². The van der Waals surface area contributed by atoms with Crippen LogP contribution in [-0.4, -0.2) is 45.6 Å². The second-order valence-electron chi connectivity index (χ2n) is 4.84. The van der Waals surface area contributed by atoms with Crippen molar-refractivity contribution in [2.45, 2.75) is 13.5 Å². The average Bonchev–Trinajstić information content (AvgIpc) is 2.47. The van der Waals surface area contributed by atoms with Gasteiger partial charge in [0.15, 0.2) is 6.54 Å². The van der Waals surface area contributed by atoms with Gasteiger partial charge < -0.3 is 20.3 Å². The molecular formula is C15H24N3O3+. The number of ether oxygens (including phenoxy) is 1. The Balaban J connectivity index is 2.37. The molecule has 1 atom stereocenters. The van der Waals surface area contributed by atoms with E-state index in [2.05, 4.69) is 10.6 Å². The number of rotatable bonds is 8. The van der Waals surface area contributed by atoms with Crippen LogP contribution >= 0.6 is 0 Å². The molecule has 1 aromatic rings. The fourth-order valence-electron chi connectivity index (χ4n) is 1.88. The highest BCUT2D eigenvalue weighted by atomic mass is 16.5. The number of benzene rings is 1. The van der Waals surface area contributed by atoms with E-state index in [1.807, 2.05) is 38.2 Å². The van der Waals surface area contributed by atoms with E-state index < -0.39 is 0 Å². The second kappa shape index (κ2) is 8.97. The maximum atomic E-state index is 11.7. The van der Waals surface area contributed by atoms with Crippen LogP contribution in [0.15, 0.2) is 24.3 Å². The minimum absolute atomic E-state index is 0.0195. The van der Waals surface area contributed by atoms with Gasteiger partial charge in [-0.3, -0.25) is 9.59 Å². The number of quaternary nitrogens is 1. The average molecular weight is 294 g/mol. The molecule has 0 saturated carbocycles. The van der Waals surface area contributed by atoms with Crippen molar-refractivity contribution in [3.8, 4) is 5.75 Å². The fraction of sp³-hybridized carbons (Fsp3) is 0.467. The third-order valence-corrected chi connectivity index (χ3v) is 2.93. The van der Waals surface area contributed by atoms with Crippen molar-refractivity contribution in [2.24, 2.45) is 0 Å². The predicted molar refractivity (Wildman–Crippen MR) is 80.1 cm³/mol. The zero-order valence-corrected chi connectivity index (χ0v) is 12.9. The summed E-state index contributed by atoms with van der Waals surface area (Å²) in [7, 11) is 3.48. The first-order chi connectivity index (χ1) is 10.0. The lowest BCUT2D eigenvalue weighted by Crippen LogP contribution is -3.08. The molecule has 1 aromatic carbocycles. The first-order valence-corrected chi connectivity index (χ1v) is 7.05. The zero-order valence-electron chi connectivity index (χ0n) is 12.9. The van der Waals surface area contributed by atoms with Crippen molar-refractivity contribution in [2.75, 3.05) is 33.8 Å². The summed E-state index contributed by atoms with van der Waals surface area (Å²) in [5.41, 5.74) is 1.13. The molecule has 0 aliphatic rings. The van der Waals surface area contributed by atoms with Gasteiger partial charge in [-0.1, -0.05) is 0 Å². The standard InChI is InChI=1S/C15H23N3O3/c1-4-21-13-7-5-12(6-8-13)10-18(3)11-15(20)17-9-14(19)16-2/h5-8H,4,9-11H2,1-3H3,(H,16,19)(H,17,20)/p+1. The molecule has 21 heavy (non-hydrogen) atoms. The minimum atomic E-state index is -0.201. The monoisotopic (exact) mass is 294 g/mol. The highest BCUT2D eigenvalue weighted by Crippen LogP contribution is 2.11. The van der Waals surface area contributed by atoms with Gasteiger partial charge in [-0.2, -0.15) is 0 Å². The molecule has 0 fully saturated rings. The Hall–Kier alpha value is -2.08. The Morgan fingerprint density at radius 2 is 1.86 bits per heavy atom. The molecule has 0 bridgehead atoms. The fourth-order valence-corrected chi connectivity index (χ4v) is 1.88. The molecule has 0 aliphatic heterocycles. The quantitative estimate of drug-likeness (QED) is 0.574. The van der Waals surface area contributed by atoms with Crippen molar-refractivity contribution < 1.29 is 19.2 Å². The molecule has 0 aromatic heterocycles. The summed E-state index contributed by atoms with van der Waals surface area (Å²) in [6.07, 6.45) is 0. The lowest BCUT2D eigenvalue weighted by Gasteiger charge is -2.14.